The van der Waals surface area contributed by atoms with Crippen LogP contribution in [0.1, 0.15) is 36.2 Å². The lowest BCUT2D eigenvalue weighted by Gasteiger charge is -2.22. The molecule has 8 heteroatoms. The Morgan fingerprint density at radius 3 is 2.45 bits per heavy atom. The van der Waals surface area contributed by atoms with Crippen molar-refractivity contribution in [3.05, 3.63) is 40.4 Å². The zero-order chi connectivity index (χ0) is 21.9. The molecule has 158 valence electrons. The van der Waals surface area contributed by atoms with Crippen molar-refractivity contribution in [2.24, 2.45) is 5.92 Å². The van der Waals surface area contributed by atoms with Crippen LogP contribution in [0.25, 0.3) is 6.08 Å². The van der Waals surface area contributed by atoms with Crippen molar-refractivity contribution in [3.63, 3.8) is 0 Å². The number of hydrogen-bond acceptors (Lipinski definition) is 7. The summed E-state index contributed by atoms with van der Waals surface area (Å²) in [7, 11) is 3.47. The Bertz CT molecular complexity index is 848. The Labute approximate surface area is 174 Å². The first kappa shape index (κ1) is 22.9. The van der Waals surface area contributed by atoms with Gasteiger partial charge in [-0.1, -0.05) is 36.8 Å². The number of aliphatic hydroxyl groups is 2. The molecule has 1 aromatic rings. The predicted molar refractivity (Wildman–Crippen MR) is 111 cm³/mol. The molecule has 0 bridgehead atoms. The first-order valence-electron chi connectivity index (χ1n) is 9.23. The van der Waals surface area contributed by atoms with Crippen molar-refractivity contribution < 1.29 is 29.6 Å². The van der Waals surface area contributed by atoms with Crippen LogP contribution in [-0.4, -0.2) is 59.5 Å². The maximum atomic E-state index is 12.8. The summed E-state index contributed by atoms with van der Waals surface area (Å²) in [5.74, 6) is -2.15. The van der Waals surface area contributed by atoms with E-state index >= 15 is 0 Å². The van der Waals surface area contributed by atoms with Gasteiger partial charge in [0, 0.05) is 20.0 Å². The molecule has 1 aliphatic heterocycles. The summed E-state index contributed by atoms with van der Waals surface area (Å²) in [6, 6.07) is 1.61. The van der Waals surface area contributed by atoms with Gasteiger partial charge in [0.1, 0.15) is 22.8 Å². The van der Waals surface area contributed by atoms with Crippen molar-refractivity contribution in [3.8, 4) is 5.75 Å². The van der Waals surface area contributed by atoms with Gasteiger partial charge in [-0.25, -0.2) is 4.79 Å². The minimum absolute atomic E-state index is 0.0156. The number of rotatable bonds is 1. The first-order chi connectivity index (χ1) is 13.5. The lowest BCUT2D eigenvalue weighted by atomic mass is 9.99. The van der Waals surface area contributed by atoms with E-state index in [1.165, 1.54) is 24.3 Å². The normalized spacial score (nSPS) is 28.1. The molecule has 0 amide bonds. The molecule has 0 radical (unpaired) electrons. The van der Waals surface area contributed by atoms with Gasteiger partial charge in [0.15, 0.2) is 11.5 Å². The number of carbonyl (C=O) groups is 2. The third kappa shape index (κ3) is 5.18. The molecule has 4 atom stereocenters. The number of anilines is 1. The molecule has 7 nitrogen and oxygen atoms in total. The third-order valence-electron chi connectivity index (χ3n) is 4.86. The molecule has 0 saturated carbocycles. The molecule has 0 aliphatic carbocycles. The summed E-state index contributed by atoms with van der Waals surface area (Å²) in [6.45, 7) is 3.38. The fourth-order valence-electron chi connectivity index (χ4n) is 2.81. The second-order valence-corrected chi connectivity index (χ2v) is 7.68. The molecule has 0 saturated heterocycles. The van der Waals surface area contributed by atoms with Gasteiger partial charge in [-0.15, -0.1) is 0 Å². The molecule has 3 N–H and O–H groups in total. The highest BCUT2D eigenvalue weighted by Gasteiger charge is 2.27. The highest BCUT2D eigenvalue weighted by Crippen LogP contribution is 2.39. The quantitative estimate of drug-likeness (QED) is 0.596. The van der Waals surface area contributed by atoms with Gasteiger partial charge in [-0.2, -0.15) is 0 Å². The average Bonchev–Trinajstić information content (AvgIpc) is 2.66. The molecule has 29 heavy (non-hydrogen) atoms. The predicted octanol–water partition coefficient (Wildman–Crippen LogP) is 2.56. The van der Waals surface area contributed by atoms with Crippen molar-refractivity contribution in [2.45, 2.75) is 38.6 Å². The summed E-state index contributed by atoms with van der Waals surface area (Å²) >= 11 is 6.24. The van der Waals surface area contributed by atoms with Crippen LogP contribution < -0.4 is 4.90 Å². The summed E-state index contributed by atoms with van der Waals surface area (Å²) < 4.78 is 5.47. The average molecular weight is 424 g/mol. The number of cyclic esters (lactones) is 1. The zero-order valence-corrected chi connectivity index (χ0v) is 17.6. The molecule has 0 aromatic heterocycles. The van der Waals surface area contributed by atoms with Crippen LogP contribution in [0.5, 0.6) is 5.75 Å². The summed E-state index contributed by atoms with van der Waals surface area (Å²) in [5, 5.41) is 30.7. The zero-order valence-electron chi connectivity index (χ0n) is 16.8. The van der Waals surface area contributed by atoms with Crippen LogP contribution in [0, 0.1) is 5.92 Å². The number of halogens is 1. The molecule has 1 heterocycles. The van der Waals surface area contributed by atoms with Crippen molar-refractivity contribution >= 4 is 35.1 Å². The van der Waals surface area contributed by atoms with Crippen LogP contribution in [0.3, 0.4) is 0 Å². The van der Waals surface area contributed by atoms with Crippen LogP contribution in [0.15, 0.2) is 24.3 Å². The van der Waals surface area contributed by atoms with Gasteiger partial charge < -0.3 is 25.0 Å². The maximum absolute atomic E-state index is 12.8. The number of carbonyl (C=O) groups excluding carboxylic acids is 2. The van der Waals surface area contributed by atoms with Crippen LogP contribution in [0.4, 0.5) is 5.69 Å². The molecule has 2 rings (SSSR count). The van der Waals surface area contributed by atoms with Crippen LogP contribution >= 0.6 is 11.6 Å². The molecule has 3 unspecified atom stereocenters. The lowest BCUT2D eigenvalue weighted by Crippen LogP contribution is -2.32. The van der Waals surface area contributed by atoms with E-state index in [1.54, 1.807) is 38.9 Å². The number of ether oxygens (including phenoxy) is 1. The number of hydrogen-bond donors (Lipinski definition) is 3. The van der Waals surface area contributed by atoms with Gasteiger partial charge >= 0.3 is 5.97 Å². The van der Waals surface area contributed by atoms with E-state index in [0.29, 0.717) is 11.3 Å². The number of aromatic hydroxyl groups is 1. The van der Waals surface area contributed by atoms with Crippen LogP contribution in [-0.2, 0) is 9.53 Å². The van der Waals surface area contributed by atoms with Gasteiger partial charge in [-0.3, -0.25) is 4.79 Å². The van der Waals surface area contributed by atoms with E-state index in [9.17, 15) is 24.9 Å². The van der Waals surface area contributed by atoms with Gasteiger partial charge in [-0.05, 0) is 31.1 Å². The van der Waals surface area contributed by atoms with Crippen molar-refractivity contribution in [2.75, 3.05) is 19.0 Å². The van der Waals surface area contributed by atoms with Gasteiger partial charge in [0.2, 0.25) is 0 Å². The topological polar surface area (TPSA) is 107 Å². The number of esters is 1. The number of phenolic OH excluding ortho intramolecular Hbond substituents is 1. The van der Waals surface area contributed by atoms with E-state index in [1.807, 2.05) is 0 Å². The number of aliphatic hydroxyl groups excluding tert-OH is 2. The Balaban J connectivity index is 2.59. The number of phenols is 1. The minimum atomic E-state index is -1.57. The van der Waals surface area contributed by atoms with E-state index in [-0.39, 0.29) is 22.9 Å². The summed E-state index contributed by atoms with van der Waals surface area (Å²) in [6.07, 6.45) is 2.13. The Morgan fingerprint density at radius 1 is 1.17 bits per heavy atom. The van der Waals surface area contributed by atoms with E-state index in [2.05, 4.69) is 0 Å². The fraction of sp³-hybridized carbons (Fsp3) is 0.429. The summed E-state index contributed by atoms with van der Waals surface area (Å²) in [5.41, 5.74) is 0.728. The number of fused-ring (bicyclic) bond motifs is 1. The number of benzene rings is 1. The lowest BCUT2D eigenvalue weighted by molar-refractivity contribution is -0.127. The minimum Gasteiger partial charge on any atom is -0.505 e. The Morgan fingerprint density at radius 2 is 1.83 bits per heavy atom. The second kappa shape index (κ2) is 9.43. The monoisotopic (exact) mass is 423 g/mol. The van der Waals surface area contributed by atoms with Gasteiger partial charge in [0.05, 0.1) is 11.8 Å². The SMILES string of the molecule is CC1OC(=O)c2c(cc(N(C)C)c(Cl)c2O)/C=C/CC(O)C(O)C(=O)/C=C\[C@H]1C. The largest absolute Gasteiger partial charge is 0.505 e. The first-order valence-corrected chi connectivity index (χ1v) is 9.60. The molecule has 1 aliphatic rings. The Hall–Kier alpha value is -2.35. The number of nitrogens with zero attached hydrogens (tertiary/aromatic N) is 1. The summed E-state index contributed by atoms with van der Waals surface area (Å²) in [4.78, 5) is 26.5. The molecular formula is C21H26ClNO6. The van der Waals surface area contributed by atoms with Gasteiger partial charge in [0.25, 0.3) is 0 Å². The highest BCUT2D eigenvalue weighted by atomic mass is 35.5. The maximum Gasteiger partial charge on any atom is 0.342 e. The van der Waals surface area contributed by atoms with Crippen molar-refractivity contribution in [1.29, 1.82) is 0 Å². The van der Waals surface area contributed by atoms with Crippen molar-refractivity contribution in [1.82, 2.24) is 0 Å². The third-order valence-corrected chi connectivity index (χ3v) is 5.24. The molecule has 1 aromatic carbocycles. The van der Waals surface area contributed by atoms with E-state index in [4.69, 9.17) is 16.3 Å². The van der Waals surface area contributed by atoms with E-state index < -0.39 is 35.8 Å². The smallest absolute Gasteiger partial charge is 0.342 e. The van der Waals surface area contributed by atoms with Crippen LogP contribution in [0.2, 0.25) is 5.02 Å². The molecule has 0 spiro atoms. The fourth-order valence-corrected chi connectivity index (χ4v) is 3.13. The molecule has 0 fully saturated rings. The molecular weight excluding hydrogens is 398 g/mol. The standard InChI is InChI=1S/C21H26ClNO6/c1-11-8-9-16(25)19(26)15(24)7-5-6-13-10-14(23(3)4)18(22)20(27)17(13)21(28)29-12(11)2/h5-6,8-12,15,19,24,26-27H,7H2,1-4H3/b6-5+,9-8-/t11-,12?,15?,19?/m1/s1. The number of ketones is 1. The Kier molecular flexibility index (Phi) is 7.46. The highest BCUT2D eigenvalue weighted by molar-refractivity contribution is 6.35. The second-order valence-electron chi connectivity index (χ2n) is 7.30. The van der Waals surface area contributed by atoms with E-state index in [0.717, 1.165) is 0 Å².